The molecule has 1 aliphatic heterocycles. The number of para-hydroxylation sites is 1. The quantitative estimate of drug-likeness (QED) is 0.309. The largest absolute Gasteiger partial charge is 0.454 e. The molecule has 0 radical (unpaired) electrons. The number of nitrogens with zero attached hydrogens (tertiary/aromatic N) is 1. The number of alkyl halides is 2. The van der Waals surface area contributed by atoms with Crippen LogP contribution in [0.15, 0.2) is 18.2 Å². The van der Waals surface area contributed by atoms with Crippen LogP contribution in [0.4, 0.5) is 5.69 Å². The standard InChI is InChI=1S/C23H26Br2N2O5/c1-3-11-6-5-7-12(4-2)21(11)26-15(28)10-32-16(29)9-27-22(30)17-13-8-14(18(17)23(27)31)20(25)19(13)24/h5-7,13-14,17-20H,3-4,8-10H2,1-2H3,(H,26,28)/t13-,14-,17-,18+,19+,20+/m1/s1. The van der Waals surface area contributed by atoms with Crippen LogP contribution in [0, 0.1) is 23.7 Å². The molecule has 3 fully saturated rings. The molecule has 3 amide bonds. The number of aryl methyl sites for hydroxylation is 2. The minimum absolute atomic E-state index is 0.0871. The molecule has 2 bridgehead atoms. The van der Waals surface area contributed by atoms with Crippen molar-refractivity contribution in [2.24, 2.45) is 23.7 Å². The third kappa shape index (κ3) is 3.91. The topological polar surface area (TPSA) is 92.8 Å². The summed E-state index contributed by atoms with van der Waals surface area (Å²) < 4.78 is 5.10. The third-order valence-corrected chi connectivity index (χ3v) is 10.2. The molecule has 3 aliphatic rings. The number of hydrogen-bond donors (Lipinski definition) is 1. The predicted octanol–water partition coefficient (Wildman–Crippen LogP) is 3.07. The van der Waals surface area contributed by atoms with Gasteiger partial charge in [-0.3, -0.25) is 24.1 Å². The summed E-state index contributed by atoms with van der Waals surface area (Å²) >= 11 is 7.28. The smallest absolute Gasteiger partial charge is 0.326 e. The molecule has 1 heterocycles. The molecule has 9 heteroatoms. The van der Waals surface area contributed by atoms with E-state index in [1.54, 1.807) is 0 Å². The second kappa shape index (κ2) is 9.25. The lowest BCUT2D eigenvalue weighted by Crippen LogP contribution is -2.38. The van der Waals surface area contributed by atoms with Gasteiger partial charge in [-0.25, -0.2) is 0 Å². The highest BCUT2D eigenvalue weighted by molar-refractivity contribution is 9.12. The van der Waals surface area contributed by atoms with Crippen molar-refractivity contribution < 1.29 is 23.9 Å². The van der Waals surface area contributed by atoms with Gasteiger partial charge in [0, 0.05) is 15.3 Å². The number of benzene rings is 1. The van der Waals surface area contributed by atoms with Crippen LogP contribution in [0.5, 0.6) is 0 Å². The first-order valence-electron chi connectivity index (χ1n) is 11.0. The molecular weight excluding hydrogens is 544 g/mol. The van der Waals surface area contributed by atoms with Crippen molar-refractivity contribution in [3.05, 3.63) is 29.3 Å². The number of imide groups is 1. The number of ether oxygens (including phenoxy) is 1. The van der Waals surface area contributed by atoms with E-state index >= 15 is 0 Å². The molecule has 7 nitrogen and oxygen atoms in total. The van der Waals surface area contributed by atoms with Gasteiger partial charge in [0.2, 0.25) is 11.8 Å². The van der Waals surface area contributed by atoms with Gasteiger partial charge in [0.1, 0.15) is 6.54 Å². The van der Waals surface area contributed by atoms with Crippen molar-refractivity contribution in [1.29, 1.82) is 0 Å². The number of carbonyl (C=O) groups excluding carboxylic acids is 4. The first-order valence-corrected chi connectivity index (χ1v) is 12.8. The summed E-state index contributed by atoms with van der Waals surface area (Å²) in [5.41, 5.74) is 2.77. The van der Waals surface area contributed by atoms with E-state index < -0.39 is 25.0 Å². The van der Waals surface area contributed by atoms with E-state index in [4.69, 9.17) is 4.74 Å². The lowest BCUT2D eigenvalue weighted by molar-refractivity contribution is -0.154. The lowest BCUT2D eigenvalue weighted by Gasteiger charge is -2.28. The van der Waals surface area contributed by atoms with Gasteiger partial charge < -0.3 is 10.1 Å². The Kier molecular flexibility index (Phi) is 6.77. The van der Waals surface area contributed by atoms with Gasteiger partial charge in [-0.15, -0.1) is 0 Å². The van der Waals surface area contributed by atoms with Crippen LogP contribution in [0.2, 0.25) is 0 Å². The highest BCUT2D eigenvalue weighted by atomic mass is 79.9. The van der Waals surface area contributed by atoms with E-state index in [0.717, 1.165) is 41.0 Å². The van der Waals surface area contributed by atoms with E-state index in [-0.39, 0.29) is 45.1 Å². The van der Waals surface area contributed by atoms with Crippen molar-refractivity contribution in [2.45, 2.75) is 42.8 Å². The van der Waals surface area contributed by atoms with E-state index in [9.17, 15) is 19.2 Å². The van der Waals surface area contributed by atoms with Crippen molar-refractivity contribution in [3.8, 4) is 0 Å². The molecule has 2 aliphatic carbocycles. The van der Waals surface area contributed by atoms with Gasteiger partial charge in [0.05, 0.1) is 11.8 Å². The molecule has 6 atom stereocenters. The molecular formula is C23H26Br2N2O5. The van der Waals surface area contributed by atoms with Crippen LogP contribution in [0.25, 0.3) is 0 Å². The number of anilines is 1. The number of carbonyl (C=O) groups is 4. The molecule has 1 aromatic carbocycles. The summed E-state index contributed by atoms with van der Waals surface area (Å²) in [4.78, 5) is 51.8. The number of esters is 1. The molecule has 0 spiro atoms. The molecule has 1 aromatic rings. The monoisotopic (exact) mass is 568 g/mol. The molecule has 4 rings (SSSR count). The van der Waals surface area contributed by atoms with Crippen molar-refractivity contribution in [3.63, 3.8) is 0 Å². The van der Waals surface area contributed by atoms with Gasteiger partial charge in [-0.2, -0.15) is 0 Å². The van der Waals surface area contributed by atoms with Crippen LogP contribution in [0.1, 0.15) is 31.4 Å². The molecule has 1 saturated heterocycles. The molecule has 0 aromatic heterocycles. The van der Waals surface area contributed by atoms with Crippen molar-refractivity contribution >= 4 is 61.2 Å². The maximum absolute atomic E-state index is 12.9. The fourth-order valence-electron chi connectivity index (χ4n) is 5.47. The van der Waals surface area contributed by atoms with Gasteiger partial charge in [0.15, 0.2) is 6.61 Å². The number of nitrogens with one attached hydrogen (secondary N) is 1. The normalized spacial score (nSPS) is 30.6. The van der Waals surface area contributed by atoms with Gasteiger partial charge in [0.25, 0.3) is 5.91 Å². The Balaban J connectivity index is 1.34. The summed E-state index contributed by atoms with van der Waals surface area (Å²) in [6.07, 6.45) is 2.35. The summed E-state index contributed by atoms with van der Waals surface area (Å²) in [7, 11) is 0. The highest BCUT2D eigenvalue weighted by Gasteiger charge is 2.66. The molecule has 172 valence electrons. The van der Waals surface area contributed by atoms with Crippen LogP contribution in [-0.4, -0.2) is 51.4 Å². The van der Waals surface area contributed by atoms with E-state index in [2.05, 4.69) is 37.2 Å². The minimum Gasteiger partial charge on any atom is -0.454 e. The zero-order chi connectivity index (χ0) is 23.2. The van der Waals surface area contributed by atoms with Crippen LogP contribution in [-0.2, 0) is 36.8 Å². The SMILES string of the molecule is CCc1cccc(CC)c1NC(=O)COC(=O)CN1C(=O)[C@@H]2[C@H]3C[C@@H]([C@H](Br)[C@H]3Br)[C@@H]2C1=O. The summed E-state index contributed by atoms with van der Waals surface area (Å²) in [6.45, 7) is 3.09. The second-order valence-electron chi connectivity index (χ2n) is 8.63. The summed E-state index contributed by atoms with van der Waals surface area (Å²) in [5.74, 6) is -2.40. The number of rotatable bonds is 7. The number of amides is 3. The van der Waals surface area contributed by atoms with E-state index in [0.29, 0.717) is 0 Å². The fraction of sp³-hybridized carbons (Fsp3) is 0.565. The van der Waals surface area contributed by atoms with Gasteiger partial charge >= 0.3 is 5.97 Å². The molecule has 32 heavy (non-hydrogen) atoms. The molecule has 1 N–H and O–H groups in total. The predicted molar refractivity (Wildman–Crippen MR) is 126 cm³/mol. The first kappa shape index (κ1) is 23.4. The molecule has 2 saturated carbocycles. The number of fused-ring (bicyclic) bond motifs is 5. The van der Waals surface area contributed by atoms with Crippen molar-refractivity contribution in [1.82, 2.24) is 4.90 Å². The van der Waals surface area contributed by atoms with Gasteiger partial charge in [-0.1, -0.05) is 63.9 Å². The van der Waals surface area contributed by atoms with Gasteiger partial charge in [-0.05, 0) is 42.2 Å². The summed E-state index contributed by atoms with van der Waals surface area (Å²) in [6, 6.07) is 5.85. The van der Waals surface area contributed by atoms with Crippen LogP contribution in [0.3, 0.4) is 0 Å². The van der Waals surface area contributed by atoms with E-state index in [1.165, 1.54) is 0 Å². The average molecular weight is 570 g/mol. The van der Waals surface area contributed by atoms with Crippen molar-refractivity contribution in [2.75, 3.05) is 18.5 Å². The number of halogens is 2. The maximum Gasteiger partial charge on any atom is 0.326 e. The Morgan fingerprint density at radius 1 is 1.03 bits per heavy atom. The third-order valence-electron chi connectivity index (χ3n) is 6.99. The lowest BCUT2D eigenvalue weighted by atomic mass is 9.81. The second-order valence-corrected chi connectivity index (χ2v) is 10.7. The fourth-order valence-corrected chi connectivity index (χ4v) is 7.34. The Morgan fingerprint density at radius 3 is 2.06 bits per heavy atom. The Hall–Kier alpha value is -1.74. The minimum atomic E-state index is -0.764. The Labute approximate surface area is 203 Å². The van der Waals surface area contributed by atoms with E-state index in [1.807, 2.05) is 32.0 Å². The number of hydrogen-bond acceptors (Lipinski definition) is 5. The summed E-state index contributed by atoms with van der Waals surface area (Å²) in [5, 5.41) is 2.84. The Bertz CT molecular complexity index is 913. The maximum atomic E-state index is 12.9. The number of likely N-dealkylation sites (tertiary alicyclic amines) is 1. The van der Waals surface area contributed by atoms with Crippen LogP contribution >= 0.6 is 31.9 Å². The highest BCUT2D eigenvalue weighted by Crippen LogP contribution is 2.60. The zero-order valence-electron chi connectivity index (χ0n) is 18.0. The average Bonchev–Trinajstić information content (AvgIpc) is 3.39. The Morgan fingerprint density at radius 2 is 1.56 bits per heavy atom. The van der Waals surface area contributed by atoms with Crippen LogP contribution < -0.4 is 5.32 Å². The first-order chi connectivity index (χ1) is 15.3. The molecule has 0 unspecified atom stereocenters. The zero-order valence-corrected chi connectivity index (χ0v) is 21.1.